The Morgan fingerprint density at radius 3 is 2.53 bits per heavy atom. The summed E-state index contributed by atoms with van der Waals surface area (Å²) in [6, 6.07) is 0. The molecule has 0 aliphatic heterocycles. The Balaban J connectivity index is 2.36. The summed E-state index contributed by atoms with van der Waals surface area (Å²) >= 11 is 0. The molecule has 0 aliphatic carbocycles. The molecule has 0 spiro atoms. The molecule has 1 aromatic heterocycles. The summed E-state index contributed by atoms with van der Waals surface area (Å²) in [5, 5.41) is 3.61. The fraction of sp³-hybridized carbons (Fsp3) is 0.750. The largest absolute Gasteiger partial charge is 0.334 e. The molecule has 0 bridgehead atoms. The number of aromatic nitrogens is 2. The first-order valence-electron chi connectivity index (χ1n) is 5.84. The van der Waals surface area contributed by atoms with Crippen molar-refractivity contribution in [3.8, 4) is 0 Å². The lowest BCUT2D eigenvalue weighted by atomic mass is 9.96. The topological polar surface area (TPSA) is 29.9 Å². The van der Waals surface area contributed by atoms with Crippen LogP contribution in [0.1, 0.15) is 39.4 Å². The van der Waals surface area contributed by atoms with Crippen LogP contribution in [0.25, 0.3) is 0 Å². The molecule has 15 heavy (non-hydrogen) atoms. The summed E-state index contributed by atoms with van der Waals surface area (Å²) in [7, 11) is 0. The van der Waals surface area contributed by atoms with E-state index < -0.39 is 0 Å². The summed E-state index contributed by atoms with van der Waals surface area (Å²) in [4.78, 5) is 4.21. The Morgan fingerprint density at radius 2 is 2.07 bits per heavy atom. The Kier molecular flexibility index (Phi) is 4.33. The molecule has 1 N–H and O–H groups in total. The minimum atomic E-state index is 0.286. The van der Waals surface area contributed by atoms with Gasteiger partial charge in [-0.3, -0.25) is 0 Å². The maximum Gasteiger partial charge on any atom is 0.105 e. The molecule has 0 fully saturated rings. The van der Waals surface area contributed by atoms with Crippen LogP contribution in [0.5, 0.6) is 0 Å². The lowest BCUT2D eigenvalue weighted by Gasteiger charge is -2.28. The van der Waals surface area contributed by atoms with Gasteiger partial charge in [0.25, 0.3) is 0 Å². The molecular weight excluding hydrogens is 186 g/mol. The highest BCUT2D eigenvalue weighted by molar-refractivity contribution is 4.89. The van der Waals surface area contributed by atoms with E-state index in [9.17, 15) is 0 Å². The summed E-state index contributed by atoms with van der Waals surface area (Å²) in [5.74, 6) is 1.09. The van der Waals surface area contributed by atoms with Crippen LogP contribution in [0.3, 0.4) is 0 Å². The van der Waals surface area contributed by atoms with Gasteiger partial charge in [-0.2, -0.15) is 0 Å². The van der Waals surface area contributed by atoms with Crippen molar-refractivity contribution < 1.29 is 0 Å². The Bertz CT molecular complexity index is 287. The van der Waals surface area contributed by atoms with Gasteiger partial charge in [0, 0.05) is 31.0 Å². The van der Waals surface area contributed by atoms with Gasteiger partial charge in [-0.15, -0.1) is 0 Å². The second kappa shape index (κ2) is 5.31. The van der Waals surface area contributed by atoms with Crippen molar-refractivity contribution in [3.05, 3.63) is 18.2 Å². The van der Waals surface area contributed by atoms with Crippen LogP contribution >= 0.6 is 0 Å². The number of nitrogens with one attached hydrogen (secondary N) is 1. The summed E-state index contributed by atoms with van der Waals surface area (Å²) in [6.45, 7) is 10.8. The van der Waals surface area contributed by atoms with E-state index in [0.29, 0.717) is 0 Å². The van der Waals surface area contributed by atoms with E-state index >= 15 is 0 Å². The molecule has 0 saturated carbocycles. The van der Waals surface area contributed by atoms with E-state index in [1.807, 2.05) is 19.3 Å². The molecule has 3 nitrogen and oxygen atoms in total. The smallest absolute Gasteiger partial charge is 0.105 e. The van der Waals surface area contributed by atoms with Crippen LogP contribution in [0.2, 0.25) is 0 Å². The fourth-order valence-corrected chi connectivity index (χ4v) is 1.62. The molecule has 0 unspecified atom stereocenters. The first kappa shape index (κ1) is 12.2. The molecule has 0 amide bonds. The van der Waals surface area contributed by atoms with Gasteiger partial charge in [0.1, 0.15) is 5.82 Å². The molecule has 0 aromatic carbocycles. The van der Waals surface area contributed by atoms with Gasteiger partial charge >= 0.3 is 0 Å². The summed E-state index contributed by atoms with van der Waals surface area (Å²) in [6.07, 6.45) is 6.24. The van der Waals surface area contributed by atoms with Crippen molar-refractivity contribution in [1.29, 1.82) is 0 Å². The molecule has 0 atom stereocenters. The molecule has 86 valence electrons. The van der Waals surface area contributed by atoms with Gasteiger partial charge in [0.2, 0.25) is 0 Å². The van der Waals surface area contributed by atoms with Gasteiger partial charge in [-0.05, 0) is 26.7 Å². The first-order valence-corrected chi connectivity index (χ1v) is 5.84. The van der Waals surface area contributed by atoms with Crippen molar-refractivity contribution in [2.24, 2.45) is 0 Å². The van der Waals surface area contributed by atoms with Crippen LogP contribution in [-0.4, -0.2) is 21.6 Å². The summed E-state index contributed by atoms with van der Waals surface area (Å²) in [5.41, 5.74) is 0.286. The maximum atomic E-state index is 4.21. The lowest BCUT2D eigenvalue weighted by Crippen LogP contribution is -2.42. The van der Waals surface area contributed by atoms with Crippen molar-refractivity contribution in [2.75, 3.05) is 6.54 Å². The number of nitrogens with zero attached hydrogens (tertiary/aromatic N) is 2. The molecule has 0 aliphatic rings. The third-order valence-electron chi connectivity index (χ3n) is 3.39. The zero-order chi connectivity index (χ0) is 11.3. The average Bonchev–Trinajstić information content (AvgIpc) is 2.64. The lowest BCUT2D eigenvalue weighted by molar-refractivity contribution is 0.325. The Labute approximate surface area is 92.9 Å². The third kappa shape index (κ3) is 3.34. The molecule has 1 rings (SSSR count). The highest BCUT2D eigenvalue weighted by Gasteiger charge is 2.17. The number of hydrogen-bond acceptors (Lipinski definition) is 2. The van der Waals surface area contributed by atoms with Crippen LogP contribution in [-0.2, 0) is 6.54 Å². The SMILES string of the molecule is CCC(C)(CC)NCCn1ccnc1C. The van der Waals surface area contributed by atoms with Gasteiger partial charge in [-0.1, -0.05) is 13.8 Å². The normalized spacial score (nSPS) is 12.0. The zero-order valence-corrected chi connectivity index (χ0v) is 10.4. The molecule has 1 heterocycles. The molecule has 1 aromatic rings. The van der Waals surface area contributed by atoms with E-state index in [-0.39, 0.29) is 5.54 Å². The van der Waals surface area contributed by atoms with Crippen LogP contribution < -0.4 is 5.32 Å². The highest BCUT2D eigenvalue weighted by atomic mass is 15.1. The summed E-state index contributed by atoms with van der Waals surface area (Å²) < 4.78 is 2.18. The second-order valence-corrected chi connectivity index (χ2v) is 4.36. The zero-order valence-electron chi connectivity index (χ0n) is 10.4. The Hall–Kier alpha value is -0.830. The van der Waals surface area contributed by atoms with Gasteiger partial charge in [0.05, 0.1) is 0 Å². The molecule has 3 heteroatoms. The predicted molar refractivity (Wildman–Crippen MR) is 64.0 cm³/mol. The first-order chi connectivity index (χ1) is 7.11. The highest BCUT2D eigenvalue weighted by Crippen LogP contribution is 2.12. The van der Waals surface area contributed by atoms with E-state index in [1.54, 1.807) is 0 Å². The van der Waals surface area contributed by atoms with Crippen molar-refractivity contribution in [1.82, 2.24) is 14.9 Å². The average molecular weight is 209 g/mol. The van der Waals surface area contributed by atoms with Crippen LogP contribution in [0.15, 0.2) is 12.4 Å². The van der Waals surface area contributed by atoms with E-state index in [2.05, 4.69) is 35.6 Å². The van der Waals surface area contributed by atoms with Crippen molar-refractivity contribution in [3.63, 3.8) is 0 Å². The van der Waals surface area contributed by atoms with Gasteiger partial charge in [0.15, 0.2) is 0 Å². The molecule has 0 radical (unpaired) electrons. The maximum absolute atomic E-state index is 4.21. The number of rotatable bonds is 6. The predicted octanol–water partition coefficient (Wildman–Crippen LogP) is 2.36. The van der Waals surface area contributed by atoms with E-state index in [4.69, 9.17) is 0 Å². The van der Waals surface area contributed by atoms with Crippen LogP contribution in [0.4, 0.5) is 0 Å². The Morgan fingerprint density at radius 1 is 1.40 bits per heavy atom. The van der Waals surface area contributed by atoms with Gasteiger partial charge < -0.3 is 9.88 Å². The van der Waals surface area contributed by atoms with E-state index in [0.717, 1.165) is 18.9 Å². The second-order valence-electron chi connectivity index (χ2n) is 4.36. The number of aryl methyl sites for hydroxylation is 1. The van der Waals surface area contributed by atoms with Crippen molar-refractivity contribution in [2.45, 2.75) is 52.6 Å². The molecular formula is C12H23N3. The van der Waals surface area contributed by atoms with E-state index in [1.165, 1.54) is 12.8 Å². The standard InChI is InChI=1S/C12H23N3/c1-5-12(4,6-2)14-8-10-15-9-7-13-11(15)3/h7,9,14H,5-6,8,10H2,1-4H3. The molecule has 0 saturated heterocycles. The fourth-order valence-electron chi connectivity index (χ4n) is 1.62. The number of hydrogen-bond donors (Lipinski definition) is 1. The monoisotopic (exact) mass is 209 g/mol. The third-order valence-corrected chi connectivity index (χ3v) is 3.39. The minimum absolute atomic E-state index is 0.286. The quantitative estimate of drug-likeness (QED) is 0.779. The number of imidazole rings is 1. The van der Waals surface area contributed by atoms with Crippen molar-refractivity contribution >= 4 is 0 Å². The van der Waals surface area contributed by atoms with Gasteiger partial charge in [-0.25, -0.2) is 4.98 Å². The van der Waals surface area contributed by atoms with Crippen LogP contribution in [0, 0.1) is 6.92 Å². The minimum Gasteiger partial charge on any atom is -0.334 e.